The quantitative estimate of drug-likeness (QED) is 0.658. The maximum Gasteiger partial charge on any atom is 0.255 e. The number of carbonyl (C=O) groups excluding carboxylic acids is 2. The van der Waals surface area contributed by atoms with Crippen LogP contribution in [-0.2, 0) is 11.3 Å². The fraction of sp³-hybridized carbons (Fsp3) is 0.292. The summed E-state index contributed by atoms with van der Waals surface area (Å²) < 4.78 is 7.40. The van der Waals surface area contributed by atoms with Gasteiger partial charge >= 0.3 is 0 Å². The Kier molecular flexibility index (Phi) is 5.75. The number of aryl methyl sites for hydroxylation is 2. The summed E-state index contributed by atoms with van der Waals surface area (Å²) in [7, 11) is 1.56. The van der Waals surface area contributed by atoms with Crippen LogP contribution in [0.2, 0.25) is 0 Å². The van der Waals surface area contributed by atoms with Gasteiger partial charge in [0, 0.05) is 36.0 Å². The number of rotatable bonds is 6. The Bertz CT molecular complexity index is 1140. The zero-order valence-electron chi connectivity index (χ0n) is 18.0. The molecule has 0 bridgehead atoms. The number of hydrogen-bond donors (Lipinski definition) is 1. The summed E-state index contributed by atoms with van der Waals surface area (Å²) in [5.41, 5.74) is 4.96. The topological polar surface area (TPSA) is 76.5 Å². The maximum atomic E-state index is 12.8. The van der Waals surface area contributed by atoms with Crippen LogP contribution in [0.3, 0.4) is 0 Å². The monoisotopic (exact) mass is 418 g/mol. The number of amides is 2. The van der Waals surface area contributed by atoms with Crippen molar-refractivity contribution >= 4 is 23.2 Å². The molecule has 1 N–H and O–H groups in total. The van der Waals surface area contributed by atoms with Crippen LogP contribution in [0.4, 0.5) is 11.4 Å². The second-order valence-corrected chi connectivity index (χ2v) is 7.77. The first-order valence-electron chi connectivity index (χ1n) is 10.3. The van der Waals surface area contributed by atoms with E-state index in [0.717, 1.165) is 29.1 Å². The van der Waals surface area contributed by atoms with Gasteiger partial charge in [-0.3, -0.25) is 14.3 Å². The highest BCUT2D eigenvalue weighted by molar-refractivity contribution is 6.05. The number of carbonyl (C=O) groups is 2. The first-order chi connectivity index (χ1) is 14.9. The molecule has 1 aliphatic rings. The van der Waals surface area contributed by atoms with Crippen LogP contribution < -0.4 is 15.0 Å². The van der Waals surface area contributed by atoms with E-state index >= 15 is 0 Å². The van der Waals surface area contributed by atoms with Crippen LogP contribution in [0.25, 0.3) is 0 Å². The molecular formula is C24H26N4O3. The smallest absolute Gasteiger partial charge is 0.255 e. The number of hydrogen-bond acceptors (Lipinski definition) is 4. The third-order valence-corrected chi connectivity index (χ3v) is 5.43. The number of anilines is 2. The van der Waals surface area contributed by atoms with Gasteiger partial charge in [0.15, 0.2) is 0 Å². The molecule has 1 saturated heterocycles. The van der Waals surface area contributed by atoms with E-state index in [2.05, 4.69) is 10.4 Å². The van der Waals surface area contributed by atoms with Gasteiger partial charge in [0.2, 0.25) is 5.91 Å². The van der Waals surface area contributed by atoms with Crippen molar-refractivity contribution in [2.45, 2.75) is 33.2 Å². The second kappa shape index (κ2) is 8.63. The molecule has 2 heterocycles. The third kappa shape index (κ3) is 4.45. The molecule has 2 amide bonds. The number of aromatic nitrogens is 2. The molecule has 7 heteroatoms. The Hall–Kier alpha value is -3.61. The molecule has 1 fully saturated rings. The highest BCUT2D eigenvalue weighted by Gasteiger charge is 2.24. The van der Waals surface area contributed by atoms with Crippen LogP contribution >= 0.6 is 0 Å². The highest BCUT2D eigenvalue weighted by Crippen LogP contribution is 2.34. The highest BCUT2D eigenvalue weighted by atomic mass is 16.5. The first kappa shape index (κ1) is 20.7. The van der Waals surface area contributed by atoms with E-state index < -0.39 is 0 Å². The Labute approximate surface area is 181 Å². The van der Waals surface area contributed by atoms with Gasteiger partial charge < -0.3 is 15.0 Å². The molecule has 31 heavy (non-hydrogen) atoms. The van der Waals surface area contributed by atoms with Gasteiger partial charge in [-0.1, -0.05) is 12.1 Å². The summed E-state index contributed by atoms with van der Waals surface area (Å²) in [6.07, 6.45) is 1.39. The Morgan fingerprint density at radius 2 is 2.00 bits per heavy atom. The van der Waals surface area contributed by atoms with Crippen molar-refractivity contribution in [2.24, 2.45) is 0 Å². The summed E-state index contributed by atoms with van der Waals surface area (Å²) in [6, 6.07) is 14.9. The summed E-state index contributed by atoms with van der Waals surface area (Å²) in [6.45, 7) is 5.27. The van der Waals surface area contributed by atoms with Gasteiger partial charge in [-0.15, -0.1) is 0 Å². The van der Waals surface area contributed by atoms with Crippen molar-refractivity contribution < 1.29 is 14.3 Å². The van der Waals surface area contributed by atoms with Crippen molar-refractivity contribution in [1.29, 1.82) is 0 Å². The van der Waals surface area contributed by atoms with Crippen molar-refractivity contribution in [3.8, 4) is 5.75 Å². The molecule has 0 saturated carbocycles. The normalized spacial score (nSPS) is 13.5. The fourth-order valence-corrected chi connectivity index (χ4v) is 3.90. The molecule has 0 unspecified atom stereocenters. The minimum Gasteiger partial charge on any atom is -0.494 e. The average molecular weight is 418 g/mol. The molecule has 1 aliphatic heterocycles. The Morgan fingerprint density at radius 1 is 1.16 bits per heavy atom. The number of nitrogens with zero attached hydrogens (tertiary/aromatic N) is 3. The minimum atomic E-state index is -0.206. The van der Waals surface area contributed by atoms with Crippen LogP contribution in [0.15, 0.2) is 48.5 Å². The summed E-state index contributed by atoms with van der Waals surface area (Å²) in [5, 5.41) is 7.41. The molecule has 1 aromatic heterocycles. The number of nitrogens with one attached hydrogen (secondary N) is 1. The molecule has 160 valence electrons. The van der Waals surface area contributed by atoms with Gasteiger partial charge in [0.05, 0.1) is 25.0 Å². The lowest BCUT2D eigenvalue weighted by molar-refractivity contribution is -0.117. The molecule has 0 atom stereocenters. The minimum absolute atomic E-state index is 0.0921. The Balaban J connectivity index is 1.50. The zero-order valence-corrected chi connectivity index (χ0v) is 18.0. The van der Waals surface area contributed by atoms with E-state index in [1.165, 1.54) is 0 Å². The van der Waals surface area contributed by atoms with E-state index in [-0.39, 0.29) is 11.8 Å². The van der Waals surface area contributed by atoms with Crippen LogP contribution in [0.5, 0.6) is 5.75 Å². The van der Waals surface area contributed by atoms with E-state index in [9.17, 15) is 9.59 Å². The largest absolute Gasteiger partial charge is 0.494 e. The molecule has 4 rings (SSSR count). The average Bonchev–Trinajstić information content (AvgIpc) is 3.32. The SMILES string of the molecule is COc1cc(NC(=O)c2cccc(Cn3nc(C)cc3C)c2)ccc1N1CCCC1=O. The van der Waals surface area contributed by atoms with Gasteiger partial charge in [-0.05, 0) is 56.2 Å². The van der Waals surface area contributed by atoms with E-state index in [1.54, 1.807) is 30.2 Å². The zero-order chi connectivity index (χ0) is 22.0. The van der Waals surface area contributed by atoms with E-state index in [0.29, 0.717) is 36.5 Å². The Morgan fingerprint density at radius 3 is 2.68 bits per heavy atom. The van der Waals surface area contributed by atoms with Crippen molar-refractivity contribution in [1.82, 2.24) is 9.78 Å². The number of methoxy groups -OCH3 is 1. The van der Waals surface area contributed by atoms with Crippen molar-refractivity contribution in [3.63, 3.8) is 0 Å². The van der Waals surface area contributed by atoms with Crippen molar-refractivity contribution in [3.05, 3.63) is 71.0 Å². The number of benzene rings is 2. The first-order valence-corrected chi connectivity index (χ1v) is 10.3. The van der Waals surface area contributed by atoms with Gasteiger partial charge in [0.25, 0.3) is 5.91 Å². The third-order valence-electron chi connectivity index (χ3n) is 5.43. The van der Waals surface area contributed by atoms with Gasteiger partial charge in [-0.2, -0.15) is 5.10 Å². The summed E-state index contributed by atoms with van der Waals surface area (Å²) in [4.78, 5) is 26.6. The predicted molar refractivity (Wildman–Crippen MR) is 120 cm³/mol. The maximum absolute atomic E-state index is 12.8. The molecule has 0 spiro atoms. The van der Waals surface area contributed by atoms with Gasteiger partial charge in [-0.25, -0.2) is 0 Å². The molecule has 3 aromatic rings. The lowest BCUT2D eigenvalue weighted by atomic mass is 10.1. The van der Waals surface area contributed by atoms with Crippen LogP contribution in [0.1, 0.15) is 40.2 Å². The molecular weight excluding hydrogens is 392 g/mol. The molecule has 7 nitrogen and oxygen atoms in total. The summed E-state index contributed by atoms with van der Waals surface area (Å²) >= 11 is 0. The van der Waals surface area contributed by atoms with Gasteiger partial charge in [0.1, 0.15) is 5.75 Å². The van der Waals surface area contributed by atoms with E-state index in [4.69, 9.17) is 4.74 Å². The number of ether oxygens (including phenoxy) is 1. The summed E-state index contributed by atoms with van der Waals surface area (Å²) in [5.74, 6) is 0.447. The lowest BCUT2D eigenvalue weighted by Gasteiger charge is -2.19. The molecule has 2 aromatic carbocycles. The van der Waals surface area contributed by atoms with E-state index in [1.807, 2.05) is 48.9 Å². The molecule has 0 radical (unpaired) electrons. The second-order valence-electron chi connectivity index (χ2n) is 7.77. The fourth-order valence-electron chi connectivity index (χ4n) is 3.90. The van der Waals surface area contributed by atoms with Crippen LogP contribution in [-0.4, -0.2) is 35.2 Å². The van der Waals surface area contributed by atoms with Crippen LogP contribution in [0, 0.1) is 13.8 Å². The predicted octanol–water partition coefficient (Wildman–Crippen LogP) is 3.94. The molecule has 0 aliphatic carbocycles. The van der Waals surface area contributed by atoms with Crippen molar-refractivity contribution in [2.75, 3.05) is 23.9 Å². The standard InChI is InChI=1S/C24H26N4O3/c1-16-12-17(2)28(26-16)15-18-6-4-7-19(13-18)24(30)25-20-9-10-21(22(14-20)31-3)27-11-5-8-23(27)29/h4,6-7,9-10,12-14H,5,8,11,15H2,1-3H3,(H,25,30). The lowest BCUT2D eigenvalue weighted by Crippen LogP contribution is -2.24.